The second-order valence-electron chi connectivity index (χ2n) is 4.11. The second kappa shape index (κ2) is 7.44. The van der Waals surface area contributed by atoms with Crippen molar-refractivity contribution in [2.45, 2.75) is 30.7 Å². The lowest BCUT2D eigenvalue weighted by Gasteiger charge is -2.20. The van der Waals surface area contributed by atoms with Crippen LogP contribution in [0.1, 0.15) is 12.8 Å². The molecule has 12 heteroatoms. The van der Waals surface area contributed by atoms with Gasteiger partial charge in [-0.3, -0.25) is 9.59 Å². The zero-order chi connectivity index (χ0) is 17.7. The molecule has 0 spiro atoms. The molecule has 0 aromatic carbocycles. The topological polar surface area (TPSA) is 216 Å². The average Bonchev–Trinajstić information content (AvgIpc) is 2.34. The highest BCUT2D eigenvalue weighted by atomic mass is 16.6. The summed E-state index contributed by atoms with van der Waals surface area (Å²) in [4.78, 5) is 53.8. The Bertz CT molecular complexity index is 496. The van der Waals surface area contributed by atoms with Gasteiger partial charge in [0.25, 0.3) is 0 Å². The third-order valence-corrected chi connectivity index (χ3v) is 2.29. The molecule has 0 fully saturated rings. The van der Waals surface area contributed by atoms with Gasteiger partial charge in [-0.2, -0.15) is 0 Å². The molecule has 12 nitrogen and oxygen atoms in total. The average molecular weight is 324 g/mol. The highest BCUT2D eigenvalue weighted by Crippen LogP contribution is 2.17. The number of aliphatic hydroxyl groups is 3. The number of ether oxygens (including phenoxy) is 1. The highest BCUT2D eigenvalue weighted by Gasteiger charge is 2.42. The minimum absolute atomic E-state index is 1.38. The summed E-state index contributed by atoms with van der Waals surface area (Å²) in [7, 11) is 0. The molecule has 0 amide bonds. The number of carbonyl (C=O) groups is 5. The number of rotatable bonds is 8. The number of esters is 2. The monoisotopic (exact) mass is 324 g/mol. The maximum absolute atomic E-state index is 11.3. The Kier molecular flexibility index (Phi) is 6.57. The Morgan fingerprint density at radius 3 is 1.77 bits per heavy atom. The van der Waals surface area contributed by atoms with E-state index in [-0.39, 0.29) is 0 Å². The maximum atomic E-state index is 11.3. The van der Waals surface area contributed by atoms with Gasteiger partial charge in [0.1, 0.15) is 0 Å². The van der Waals surface area contributed by atoms with E-state index in [1.54, 1.807) is 0 Å². The number of aliphatic carboxylic acids is 3. The SMILES string of the molecule is O=C(O)CC(O)(CC(=O)OC(=O)C(O)C(O)C(=O)O)C(=O)O. The Morgan fingerprint density at radius 2 is 1.41 bits per heavy atom. The van der Waals surface area contributed by atoms with Crippen LogP contribution >= 0.6 is 0 Å². The first-order chi connectivity index (χ1) is 9.90. The first-order valence-electron chi connectivity index (χ1n) is 5.41. The first-order valence-corrected chi connectivity index (χ1v) is 5.41. The fraction of sp³-hybridized carbons (Fsp3) is 0.500. The van der Waals surface area contributed by atoms with Gasteiger partial charge in [0, 0.05) is 0 Å². The Morgan fingerprint density at radius 1 is 0.909 bits per heavy atom. The molecule has 6 N–H and O–H groups in total. The molecule has 124 valence electrons. The van der Waals surface area contributed by atoms with E-state index >= 15 is 0 Å². The van der Waals surface area contributed by atoms with Crippen LogP contribution in [0.2, 0.25) is 0 Å². The molecule has 22 heavy (non-hydrogen) atoms. The molecule has 0 radical (unpaired) electrons. The zero-order valence-corrected chi connectivity index (χ0v) is 10.7. The number of aliphatic hydroxyl groups excluding tert-OH is 2. The van der Waals surface area contributed by atoms with E-state index in [1.165, 1.54) is 0 Å². The van der Waals surface area contributed by atoms with Gasteiger partial charge in [0.15, 0.2) is 17.8 Å². The van der Waals surface area contributed by atoms with E-state index in [1.807, 2.05) is 0 Å². The van der Waals surface area contributed by atoms with Crippen molar-refractivity contribution < 1.29 is 59.3 Å². The fourth-order valence-electron chi connectivity index (χ4n) is 1.18. The van der Waals surface area contributed by atoms with E-state index in [0.717, 1.165) is 0 Å². The Hall–Kier alpha value is -2.57. The smallest absolute Gasteiger partial charge is 0.346 e. The van der Waals surface area contributed by atoms with Gasteiger partial charge in [0.2, 0.25) is 0 Å². The molecular formula is C10H12O12. The van der Waals surface area contributed by atoms with Gasteiger partial charge in [-0.05, 0) is 0 Å². The van der Waals surface area contributed by atoms with Crippen LogP contribution in [0.3, 0.4) is 0 Å². The van der Waals surface area contributed by atoms with E-state index in [9.17, 15) is 29.1 Å². The number of hydrogen-bond donors (Lipinski definition) is 6. The predicted octanol–water partition coefficient (Wildman–Crippen LogP) is -3.46. The van der Waals surface area contributed by atoms with Crippen molar-refractivity contribution in [3.8, 4) is 0 Å². The molecule has 0 saturated carbocycles. The number of carbonyl (C=O) groups excluding carboxylic acids is 2. The minimum Gasteiger partial charge on any atom is -0.481 e. The summed E-state index contributed by atoms with van der Waals surface area (Å²) in [6.07, 6.45) is -8.08. The summed E-state index contributed by atoms with van der Waals surface area (Å²) in [5.74, 6) is -9.49. The first kappa shape index (κ1) is 19.4. The summed E-state index contributed by atoms with van der Waals surface area (Å²) >= 11 is 0. The van der Waals surface area contributed by atoms with Crippen molar-refractivity contribution in [3.05, 3.63) is 0 Å². The molecule has 3 atom stereocenters. The van der Waals surface area contributed by atoms with Crippen molar-refractivity contribution in [3.63, 3.8) is 0 Å². The normalized spacial score (nSPS) is 16.0. The molecule has 3 unspecified atom stereocenters. The van der Waals surface area contributed by atoms with Crippen LogP contribution in [0, 0.1) is 0 Å². The molecular weight excluding hydrogens is 312 g/mol. The standard InChI is InChI=1S/C10H12O12/c11-3(12)1-10(21,9(19)20)2-4(13)22-8(18)6(15)5(14)7(16)17/h5-6,14-15,21H,1-2H2,(H,11,12)(H,16,17)(H,19,20). The lowest BCUT2D eigenvalue weighted by molar-refractivity contribution is -0.181. The van der Waals surface area contributed by atoms with Gasteiger partial charge in [-0.25, -0.2) is 14.4 Å². The van der Waals surface area contributed by atoms with Gasteiger partial charge in [-0.15, -0.1) is 0 Å². The lowest BCUT2D eigenvalue weighted by Crippen LogP contribution is -2.45. The van der Waals surface area contributed by atoms with E-state index in [4.69, 9.17) is 25.5 Å². The summed E-state index contributed by atoms with van der Waals surface area (Å²) in [5, 5.41) is 52.7. The predicted molar refractivity (Wildman–Crippen MR) is 60.2 cm³/mol. The lowest BCUT2D eigenvalue weighted by atomic mass is 9.96. The van der Waals surface area contributed by atoms with Gasteiger partial charge >= 0.3 is 29.8 Å². The molecule has 0 aliphatic carbocycles. The van der Waals surface area contributed by atoms with E-state index in [0.29, 0.717) is 0 Å². The van der Waals surface area contributed by atoms with Gasteiger partial charge < -0.3 is 35.4 Å². The van der Waals surface area contributed by atoms with Crippen LogP contribution in [-0.2, 0) is 28.7 Å². The molecule has 0 bridgehead atoms. The van der Waals surface area contributed by atoms with Crippen molar-refractivity contribution in [1.29, 1.82) is 0 Å². The number of hydrogen-bond acceptors (Lipinski definition) is 9. The van der Waals surface area contributed by atoms with Crippen LogP contribution < -0.4 is 0 Å². The van der Waals surface area contributed by atoms with Gasteiger partial charge in [-0.1, -0.05) is 0 Å². The third kappa shape index (κ3) is 5.43. The summed E-state index contributed by atoms with van der Waals surface area (Å²) in [6.45, 7) is 0. The number of carboxylic acid groups (broad SMARTS) is 3. The van der Waals surface area contributed by atoms with Crippen LogP contribution in [0.5, 0.6) is 0 Å². The summed E-state index contributed by atoms with van der Waals surface area (Å²) in [6, 6.07) is 0. The molecule has 0 saturated heterocycles. The van der Waals surface area contributed by atoms with E-state index in [2.05, 4.69) is 4.74 Å². The molecule has 0 aliphatic heterocycles. The maximum Gasteiger partial charge on any atom is 0.346 e. The molecule has 0 aromatic heterocycles. The van der Waals surface area contributed by atoms with Crippen LogP contribution in [0.15, 0.2) is 0 Å². The Labute approximate surface area is 121 Å². The summed E-state index contributed by atoms with van der Waals surface area (Å²) < 4.78 is 3.84. The van der Waals surface area contributed by atoms with Crippen LogP contribution in [-0.4, -0.2) is 78.3 Å². The quantitative estimate of drug-likeness (QED) is 0.190. The summed E-state index contributed by atoms with van der Waals surface area (Å²) in [5.41, 5.74) is -3.07. The van der Waals surface area contributed by atoms with Crippen LogP contribution in [0.4, 0.5) is 0 Å². The molecule has 0 aliphatic rings. The molecule has 0 heterocycles. The van der Waals surface area contributed by atoms with Crippen molar-refractivity contribution in [1.82, 2.24) is 0 Å². The molecule has 0 aromatic rings. The third-order valence-electron chi connectivity index (χ3n) is 2.29. The minimum atomic E-state index is -3.07. The fourth-order valence-corrected chi connectivity index (χ4v) is 1.18. The largest absolute Gasteiger partial charge is 0.481 e. The van der Waals surface area contributed by atoms with Crippen molar-refractivity contribution in [2.75, 3.05) is 0 Å². The van der Waals surface area contributed by atoms with Gasteiger partial charge in [0.05, 0.1) is 12.8 Å². The van der Waals surface area contributed by atoms with E-state index < -0.39 is 60.5 Å². The molecule has 0 rings (SSSR count). The zero-order valence-electron chi connectivity index (χ0n) is 10.7. The van der Waals surface area contributed by atoms with Crippen LogP contribution in [0.25, 0.3) is 0 Å². The second-order valence-corrected chi connectivity index (χ2v) is 4.11. The number of carboxylic acids is 3. The van der Waals surface area contributed by atoms with Crippen molar-refractivity contribution >= 4 is 29.8 Å². The highest BCUT2D eigenvalue weighted by molar-refractivity contribution is 5.94. The van der Waals surface area contributed by atoms with Crippen molar-refractivity contribution in [2.24, 2.45) is 0 Å². The Balaban J connectivity index is 4.85.